The van der Waals surface area contributed by atoms with Crippen molar-refractivity contribution in [3.63, 3.8) is 0 Å². The van der Waals surface area contributed by atoms with E-state index in [1.165, 1.54) is 7.11 Å². The number of nitrogens with one attached hydrogen (secondary N) is 1. The zero-order valence-corrected chi connectivity index (χ0v) is 11.2. The highest BCUT2D eigenvalue weighted by Gasteiger charge is 2.21. The second kappa shape index (κ2) is 7.71. The molecule has 0 aliphatic rings. The van der Waals surface area contributed by atoms with Gasteiger partial charge in [0.15, 0.2) is 0 Å². The molecule has 1 N–H and O–H groups in total. The standard InChI is InChI=1S/C14H21NO3/c1-11(2)13(14(16)17-3)15-9-10-18-12-7-5-4-6-8-12/h4-8,11,13,15H,9-10H2,1-3H3. The second-order valence-corrected chi connectivity index (χ2v) is 4.36. The van der Waals surface area contributed by atoms with Gasteiger partial charge in [0.1, 0.15) is 18.4 Å². The molecule has 100 valence electrons. The van der Waals surface area contributed by atoms with Crippen molar-refractivity contribution in [2.24, 2.45) is 5.92 Å². The van der Waals surface area contributed by atoms with Crippen molar-refractivity contribution in [3.8, 4) is 5.75 Å². The molecule has 1 aromatic carbocycles. The number of rotatable bonds is 7. The van der Waals surface area contributed by atoms with Crippen LogP contribution in [0.4, 0.5) is 0 Å². The van der Waals surface area contributed by atoms with E-state index < -0.39 is 0 Å². The molecule has 4 nitrogen and oxygen atoms in total. The first-order valence-corrected chi connectivity index (χ1v) is 6.14. The van der Waals surface area contributed by atoms with Gasteiger partial charge in [-0.25, -0.2) is 0 Å². The Balaban J connectivity index is 2.29. The summed E-state index contributed by atoms with van der Waals surface area (Å²) in [6.07, 6.45) is 0. The van der Waals surface area contributed by atoms with Gasteiger partial charge in [-0.05, 0) is 18.1 Å². The number of ether oxygens (including phenoxy) is 2. The van der Waals surface area contributed by atoms with Crippen LogP contribution in [0.15, 0.2) is 30.3 Å². The van der Waals surface area contributed by atoms with Crippen LogP contribution in [-0.4, -0.2) is 32.3 Å². The Labute approximate surface area is 108 Å². The van der Waals surface area contributed by atoms with E-state index in [1.807, 2.05) is 44.2 Å². The molecule has 0 fully saturated rings. The Morgan fingerprint density at radius 1 is 1.28 bits per heavy atom. The Morgan fingerprint density at radius 3 is 2.50 bits per heavy atom. The normalized spacial score (nSPS) is 12.2. The molecule has 0 radical (unpaired) electrons. The van der Waals surface area contributed by atoms with E-state index in [2.05, 4.69) is 5.32 Å². The SMILES string of the molecule is COC(=O)C(NCCOc1ccccc1)C(C)C. The van der Waals surface area contributed by atoms with Gasteiger partial charge in [0.25, 0.3) is 0 Å². The lowest BCUT2D eigenvalue weighted by molar-refractivity contribution is -0.144. The van der Waals surface area contributed by atoms with E-state index in [0.717, 1.165) is 5.75 Å². The Bertz CT molecular complexity index is 351. The zero-order valence-electron chi connectivity index (χ0n) is 11.2. The van der Waals surface area contributed by atoms with Crippen LogP contribution in [0, 0.1) is 5.92 Å². The topological polar surface area (TPSA) is 47.6 Å². The van der Waals surface area contributed by atoms with Gasteiger partial charge < -0.3 is 14.8 Å². The minimum Gasteiger partial charge on any atom is -0.492 e. The first-order valence-electron chi connectivity index (χ1n) is 6.14. The van der Waals surface area contributed by atoms with E-state index >= 15 is 0 Å². The predicted molar refractivity (Wildman–Crippen MR) is 70.6 cm³/mol. The summed E-state index contributed by atoms with van der Waals surface area (Å²) in [5, 5.41) is 3.14. The fourth-order valence-corrected chi connectivity index (χ4v) is 1.62. The molecule has 0 saturated heterocycles. The van der Waals surface area contributed by atoms with E-state index in [9.17, 15) is 4.79 Å². The van der Waals surface area contributed by atoms with E-state index in [1.54, 1.807) is 0 Å². The molecule has 1 aromatic rings. The lowest BCUT2D eigenvalue weighted by Crippen LogP contribution is -2.43. The van der Waals surface area contributed by atoms with Gasteiger partial charge in [-0.15, -0.1) is 0 Å². The van der Waals surface area contributed by atoms with Crippen LogP contribution in [0.25, 0.3) is 0 Å². The minimum absolute atomic E-state index is 0.189. The van der Waals surface area contributed by atoms with Crippen molar-refractivity contribution in [3.05, 3.63) is 30.3 Å². The summed E-state index contributed by atoms with van der Waals surface area (Å²) >= 11 is 0. The monoisotopic (exact) mass is 251 g/mol. The van der Waals surface area contributed by atoms with Crippen molar-refractivity contribution in [2.75, 3.05) is 20.3 Å². The molecule has 0 saturated carbocycles. The molecular formula is C14H21NO3. The second-order valence-electron chi connectivity index (χ2n) is 4.36. The molecule has 18 heavy (non-hydrogen) atoms. The molecule has 1 unspecified atom stereocenters. The van der Waals surface area contributed by atoms with Gasteiger partial charge >= 0.3 is 5.97 Å². The molecule has 4 heteroatoms. The van der Waals surface area contributed by atoms with Gasteiger partial charge in [0, 0.05) is 6.54 Å². The number of methoxy groups -OCH3 is 1. The minimum atomic E-state index is -0.283. The van der Waals surface area contributed by atoms with E-state index in [0.29, 0.717) is 13.2 Å². The Morgan fingerprint density at radius 2 is 1.94 bits per heavy atom. The van der Waals surface area contributed by atoms with Crippen molar-refractivity contribution in [1.29, 1.82) is 0 Å². The van der Waals surface area contributed by atoms with Crippen molar-refractivity contribution >= 4 is 5.97 Å². The zero-order chi connectivity index (χ0) is 13.4. The number of carbonyl (C=O) groups is 1. The maximum Gasteiger partial charge on any atom is 0.323 e. The van der Waals surface area contributed by atoms with Gasteiger partial charge in [0.05, 0.1) is 7.11 Å². The highest BCUT2D eigenvalue weighted by Crippen LogP contribution is 2.08. The number of esters is 1. The van der Waals surface area contributed by atoms with Crippen molar-refractivity contribution in [1.82, 2.24) is 5.32 Å². The van der Waals surface area contributed by atoms with Gasteiger partial charge in [-0.2, -0.15) is 0 Å². The maximum atomic E-state index is 11.5. The number of para-hydroxylation sites is 1. The third-order valence-corrected chi connectivity index (χ3v) is 2.60. The number of hydrogen-bond donors (Lipinski definition) is 1. The molecule has 0 amide bonds. The van der Waals surface area contributed by atoms with Crippen LogP contribution in [-0.2, 0) is 9.53 Å². The first-order chi connectivity index (χ1) is 8.65. The lowest BCUT2D eigenvalue weighted by Gasteiger charge is -2.19. The van der Waals surface area contributed by atoms with Crippen LogP contribution < -0.4 is 10.1 Å². The Hall–Kier alpha value is -1.55. The van der Waals surface area contributed by atoms with Gasteiger partial charge in [-0.1, -0.05) is 32.0 Å². The molecule has 0 aliphatic heterocycles. The summed E-state index contributed by atoms with van der Waals surface area (Å²) in [4.78, 5) is 11.5. The molecular weight excluding hydrogens is 230 g/mol. The molecule has 0 bridgehead atoms. The van der Waals surface area contributed by atoms with E-state index in [4.69, 9.17) is 9.47 Å². The number of benzene rings is 1. The van der Waals surface area contributed by atoms with Crippen LogP contribution in [0.2, 0.25) is 0 Å². The van der Waals surface area contributed by atoms with E-state index in [-0.39, 0.29) is 17.9 Å². The summed E-state index contributed by atoms with van der Waals surface area (Å²) in [6, 6.07) is 9.31. The number of hydrogen-bond acceptors (Lipinski definition) is 4. The van der Waals surface area contributed by atoms with Crippen LogP contribution in [0.3, 0.4) is 0 Å². The van der Waals surface area contributed by atoms with Crippen molar-refractivity contribution in [2.45, 2.75) is 19.9 Å². The molecule has 0 aromatic heterocycles. The highest BCUT2D eigenvalue weighted by molar-refractivity contribution is 5.75. The fraction of sp³-hybridized carbons (Fsp3) is 0.500. The maximum absolute atomic E-state index is 11.5. The van der Waals surface area contributed by atoms with Gasteiger partial charge in [-0.3, -0.25) is 4.79 Å². The van der Waals surface area contributed by atoms with Gasteiger partial charge in [0.2, 0.25) is 0 Å². The third kappa shape index (κ3) is 4.75. The van der Waals surface area contributed by atoms with Crippen LogP contribution in [0.5, 0.6) is 5.75 Å². The summed E-state index contributed by atoms with van der Waals surface area (Å²) in [6.45, 7) is 5.08. The molecule has 1 rings (SSSR count). The average molecular weight is 251 g/mol. The predicted octanol–water partition coefficient (Wildman–Crippen LogP) is 1.85. The first kappa shape index (κ1) is 14.5. The summed E-state index contributed by atoms with van der Waals surface area (Å²) < 4.78 is 10.3. The molecule has 1 atom stereocenters. The largest absolute Gasteiger partial charge is 0.492 e. The summed E-state index contributed by atoms with van der Waals surface area (Å²) in [5.74, 6) is 0.789. The lowest BCUT2D eigenvalue weighted by atomic mass is 10.1. The quantitative estimate of drug-likeness (QED) is 0.593. The third-order valence-electron chi connectivity index (χ3n) is 2.60. The number of carbonyl (C=O) groups excluding carboxylic acids is 1. The molecule has 0 heterocycles. The highest BCUT2D eigenvalue weighted by atomic mass is 16.5. The van der Waals surface area contributed by atoms with Crippen LogP contribution >= 0.6 is 0 Å². The fourth-order valence-electron chi connectivity index (χ4n) is 1.62. The molecule has 0 aliphatic carbocycles. The van der Waals surface area contributed by atoms with Crippen LogP contribution in [0.1, 0.15) is 13.8 Å². The average Bonchev–Trinajstić information content (AvgIpc) is 2.38. The van der Waals surface area contributed by atoms with Crippen molar-refractivity contribution < 1.29 is 14.3 Å². The Kier molecular flexibility index (Phi) is 6.22. The molecule has 0 spiro atoms. The summed E-state index contributed by atoms with van der Waals surface area (Å²) in [7, 11) is 1.40. The smallest absolute Gasteiger partial charge is 0.323 e. The summed E-state index contributed by atoms with van der Waals surface area (Å²) in [5.41, 5.74) is 0.